The first kappa shape index (κ1) is 23.7. The summed E-state index contributed by atoms with van der Waals surface area (Å²) in [4.78, 5) is 2.69. The Balaban J connectivity index is 1.73. The van der Waals surface area contributed by atoms with Crippen molar-refractivity contribution in [2.45, 2.75) is 44.2 Å². The predicted molar refractivity (Wildman–Crippen MR) is 123 cm³/mol. The number of likely N-dealkylation sites (tertiary alicyclic amines) is 1. The van der Waals surface area contributed by atoms with Gasteiger partial charge in [0.2, 0.25) is 10.0 Å². The number of aryl methyl sites for hydroxylation is 1. The zero-order valence-electron chi connectivity index (χ0n) is 19.0. The van der Waals surface area contributed by atoms with E-state index in [-0.39, 0.29) is 12.1 Å². The summed E-state index contributed by atoms with van der Waals surface area (Å²) in [5.74, 6) is 0.683. The van der Waals surface area contributed by atoms with E-state index in [2.05, 4.69) is 24.0 Å². The highest BCUT2D eigenvalue weighted by Gasteiger charge is 2.36. The Hall–Kier alpha value is -1.93. The lowest BCUT2D eigenvalue weighted by Gasteiger charge is -2.29. The Morgan fingerprint density at radius 1 is 1.16 bits per heavy atom. The molecule has 7 heteroatoms. The van der Waals surface area contributed by atoms with Gasteiger partial charge in [0.25, 0.3) is 0 Å². The fourth-order valence-corrected chi connectivity index (χ4v) is 5.98. The minimum Gasteiger partial charge on any atom is -0.491 e. The van der Waals surface area contributed by atoms with E-state index < -0.39 is 10.0 Å². The van der Waals surface area contributed by atoms with E-state index in [1.54, 1.807) is 29.6 Å². The van der Waals surface area contributed by atoms with Gasteiger partial charge in [-0.15, -0.1) is 0 Å². The van der Waals surface area contributed by atoms with Crippen LogP contribution in [-0.2, 0) is 14.8 Å². The van der Waals surface area contributed by atoms with Crippen LogP contribution in [0.25, 0.3) is 0 Å². The molecule has 1 aliphatic heterocycles. The van der Waals surface area contributed by atoms with Crippen molar-refractivity contribution in [2.75, 3.05) is 40.0 Å². The molecule has 0 saturated carbocycles. The zero-order valence-corrected chi connectivity index (χ0v) is 19.8. The van der Waals surface area contributed by atoms with Gasteiger partial charge in [-0.1, -0.05) is 37.3 Å². The molecule has 0 radical (unpaired) electrons. The van der Waals surface area contributed by atoms with Gasteiger partial charge in [0.15, 0.2) is 0 Å². The molecule has 0 aromatic heterocycles. The van der Waals surface area contributed by atoms with E-state index in [0.717, 1.165) is 25.1 Å². The number of hydrogen-bond acceptors (Lipinski definition) is 5. The van der Waals surface area contributed by atoms with Crippen molar-refractivity contribution in [3.63, 3.8) is 0 Å². The molecule has 0 aliphatic carbocycles. The molecular weight excluding hydrogens is 412 g/mol. The first-order valence-corrected chi connectivity index (χ1v) is 12.4. The van der Waals surface area contributed by atoms with Gasteiger partial charge in [-0.05, 0) is 49.6 Å². The van der Waals surface area contributed by atoms with Gasteiger partial charge in [-0.25, -0.2) is 8.42 Å². The number of methoxy groups -OCH3 is 1. The van der Waals surface area contributed by atoms with Crippen LogP contribution >= 0.6 is 0 Å². The highest BCUT2D eigenvalue weighted by atomic mass is 32.2. The second-order valence-corrected chi connectivity index (χ2v) is 9.89. The van der Waals surface area contributed by atoms with Crippen LogP contribution in [-0.4, -0.2) is 63.6 Å². The van der Waals surface area contributed by atoms with E-state index >= 15 is 0 Å². The first-order valence-electron chi connectivity index (χ1n) is 10.9. The average Bonchev–Trinajstić information content (AvgIpc) is 3.25. The number of sulfonamides is 1. The van der Waals surface area contributed by atoms with Crippen molar-refractivity contribution in [3.05, 3.63) is 59.7 Å². The fourth-order valence-electron chi connectivity index (χ4n) is 4.24. The lowest BCUT2D eigenvalue weighted by molar-refractivity contribution is 0.146. The third-order valence-corrected chi connectivity index (χ3v) is 8.06. The Morgan fingerprint density at radius 3 is 2.55 bits per heavy atom. The van der Waals surface area contributed by atoms with Crippen molar-refractivity contribution >= 4 is 10.0 Å². The van der Waals surface area contributed by atoms with Gasteiger partial charge in [-0.2, -0.15) is 4.31 Å². The van der Waals surface area contributed by atoms with E-state index in [1.807, 2.05) is 32.0 Å². The van der Waals surface area contributed by atoms with Gasteiger partial charge in [0, 0.05) is 38.8 Å². The quantitative estimate of drug-likeness (QED) is 0.519. The molecule has 2 unspecified atom stereocenters. The Labute approximate surface area is 186 Å². The minimum atomic E-state index is -3.59. The third kappa shape index (κ3) is 5.47. The number of hydrogen-bond donors (Lipinski definition) is 0. The smallest absolute Gasteiger partial charge is 0.243 e. The molecule has 1 heterocycles. The third-order valence-electron chi connectivity index (χ3n) is 6.04. The van der Waals surface area contributed by atoms with Gasteiger partial charge < -0.3 is 9.47 Å². The van der Waals surface area contributed by atoms with E-state index in [1.165, 1.54) is 5.56 Å². The molecule has 170 valence electrons. The minimum absolute atomic E-state index is 0.0286. The summed E-state index contributed by atoms with van der Waals surface area (Å²) in [5, 5.41) is 0. The van der Waals surface area contributed by atoms with Gasteiger partial charge in [0.05, 0.1) is 11.5 Å². The number of rotatable bonds is 10. The van der Waals surface area contributed by atoms with Crippen molar-refractivity contribution in [1.29, 1.82) is 0 Å². The van der Waals surface area contributed by atoms with E-state index in [0.29, 0.717) is 30.4 Å². The van der Waals surface area contributed by atoms with Gasteiger partial charge >= 0.3 is 0 Å². The molecule has 3 rings (SSSR count). The zero-order chi connectivity index (χ0) is 22.4. The van der Waals surface area contributed by atoms with Crippen molar-refractivity contribution in [2.24, 2.45) is 0 Å². The maximum atomic E-state index is 13.5. The SMILES string of the molecule is CCN(C1CCN(C(C)c2ccccc2)C1)S(=O)(=O)c1ccc(OCCOC)c(C)c1. The van der Waals surface area contributed by atoms with Crippen molar-refractivity contribution in [1.82, 2.24) is 9.21 Å². The summed E-state index contributed by atoms with van der Waals surface area (Å²) < 4.78 is 39.3. The molecule has 6 nitrogen and oxygen atoms in total. The number of ether oxygens (including phenoxy) is 2. The summed E-state index contributed by atoms with van der Waals surface area (Å²) >= 11 is 0. The lowest BCUT2D eigenvalue weighted by Crippen LogP contribution is -2.42. The Morgan fingerprint density at radius 2 is 1.90 bits per heavy atom. The van der Waals surface area contributed by atoms with Crippen molar-refractivity contribution < 1.29 is 17.9 Å². The lowest BCUT2D eigenvalue weighted by atomic mass is 10.1. The van der Waals surface area contributed by atoms with Crippen LogP contribution in [0.3, 0.4) is 0 Å². The molecule has 0 amide bonds. The first-order chi connectivity index (χ1) is 14.9. The summed E-state index contributed by atoms with van der Waals surface area (Å²) in [5.41, 5.74) is 2.06. The second kappa shape index (κ2) is 10.6. The number of benzene rings is 2. The van der Waals surface area contributed by atoms with Gasteiger partial charge in [0.1, 0.15) is 12.4 Å². The summed E-state index contributed by atoms with van der Waals surface area (Å²) in [6.45, 7) is 8.97. The number of nitrogens with zero attached hydrogens (tertiary/aromatic N) is 2. The highest BCUT2D eigenvalue weighted by molar-refractivity contribution is 7.89. The molecule has 0 spiro atoms. The fraction of sp³-hybridized carbons (Fsp3) is 0.500. The number of likely N-dealkylation sites (N-methyl/N-ethyl adjacent to an activating group) is 1. The maximum absolute atomic E-state index is 13.5. The summed E-state index contributed by atoms with van der Waals surface area (Å²) in [6, 6.07) is 15.7. The highest BCUT2D eigenvalue weighted by Crippen LogP contribution is 2.30. The molecule has 1 fully saturated rings. The molecule has 0 N–H and O–H groups in total. The molecule has 1 saturated heterocycles. The molecular formula is C24H34N2O4S. The van der Waals surface area contributed by atoms with Crippen LogP contribution in [0, 0.1) is 6.92 Å². The molecule has 2 aromatic rings. The van der Waals surface area contributed by atoms with Crippen LogP contribution in [0.4, 0.5) is 0 Å². The standard InChI is InChI=1S/C24H34N2O4S/c1-5-26(22-13-14-25(18-22)20(3)21-9-7-6-8-10-21)31(27,28)23-11-12-24(19(2)17-23)30-16-15-29-4/h6-12,17,20,22H,5,13-16,18H2,1-4H3. The predicted octanol–water partition coefficient (Wildman–Crippen LogP) is 3.87. The average molecular weight is 447 g/mol. The van der Waals surface area contributed by atoms with Crippen LogP contribution in [0.1, 0.15) is 37.4 Å². The largest absolute Gasteiger partial charge is 0.491 e. The normalized spacial score (nSPS) is 18.4. The van der Waals surface area contributed by atoms with Crippen LogP contribution in [0.5, 0.6) is 5.75 Å². The molecule has 1 aliphatic rings. The summed E-state index contributed by atoms with van der Waals surface area (Å²) in [6.07, 6.45) is 0.835. The topological polar surface area (TPSA) is 59.1 Å². The monoisotopic (exact) mass is 446 g/mol. The van der Waals surface area contributed by atoms with Gasteiger partial charge in [-0.3, -0.25) is 4.90 Å². The molecule has 2 atom stereocenters. The van der Waals surface area contributed by atoms with Crippen LogP contribution < -0.4 is 4.74 Å². The summed E-state index contributed by atoms with van der Waals surface area (Å²) in [7, 11) is -1.97. The Kier molecular flexibility index (Phi) is 8.11. The second-order valence-electron chi connectivity index (χ2n) is 8.00. The van der Waals surface area contributed by atoms with Crippen LogP contribution in [0.15, 0.2) is 53.4 Å². The van der Waals surface area contributed by atoms with Crippen LogP contribution in [0.2, 0.25) is 0 Å². The molecule has 2 aromatic carbocycles. The Bertz CT molecular complexity index is 949. The molecule has 0 bridgehead atoms. The molecule has 31 heavy (non-hydrogen) atoms. The maximum Gasteiger partial charge on any atom is 0.243 e. The van der Waals surface area contributed by atoms with E-state index in [9.17, 15) is 8.42 Å². The van der Waals surface area contributed by atoms with E-state index in [4.69, 9.17) is 9.47 Å². The van der Waals surface area contributed by atoms with Crippen molar-refractivity contribution in [3.8, 4) is 5.75 Å².